The third kappa shape index (κ3) is 5.15. The summed E-state index contributed by atoms with van der Waals surface area (Å²) in [5.41, 5.74) is 2.26. The Morgan fingerprint density at radius 3 is 2.73 bits per heavy atom. The number of hydrogen-bond donors (Lipinski definition) is 1. The highest BCUT2D eigenvalue weighted by molar-refractivity contribution is 7.89. The fourth-order valence-electron chi connectivity index (χ4n) is 3.81. The Labute approximate surface area is 192 Å². The molecule has 0 saturated carbocycles. The SMILES string of the molecule is COCCCNS(=O)(=O)c1cc(F)cc(N2CCc3nc(-c4ncccn4)ncc3C2C)c1. The van der Waals surface area contributed by atoms with Crippen LogP contribution in [0.5, 0.6) is 0 Å². The van der Waals surface area contributed by atoms with Gasteiger partial charge in [-0.1, -0.05) is 0 Å². The van der Waals surface area contributed by atoms with Crippen LogP contribution in [0.1, 0.15) is 30.6 Å². The van der Waals surface area contributed by atoms with E-state index in [4.69, 9.17) is 4.74 Å². The van der Waals surface area contributed by atoms with E-state index in [2.05, 4.69) is 24.7 Å². The summed E-state index contributed by atoms with van der Waals surface area (Å²) in [4.78, 5) is 19.3. The van der Waals surface area contributed by atoms with Gasteiger partial charge in [0.25, 0.3) is 0 Å². The standard InChI is InChI=1S/C22H25FN6O3S/c1-15-19-14-26-22(21-24-6-3-7-25-21)28-20(19)5-9-29(15)17-11-16(23)12-18(13-17)33(30,31)27-8-4-10-32-2/h3,6-7,11-15,27H,4-5,8-10H2,1-2H3. The van der Waals surface area contributed by atoms with Gasteiger partial charge in [0, 0.05) is 63.1 Å². The minimum absolute atomic E-state index is 0.110. The second-order valence-electron chi connectivity index (χ2n) is 7.68. The first-order valence-corrected chi connectivity index (χ1v) is 12.1. The third-order valence-corrected chi connectivity index (χ3v) is 6.93. The minimum Gasteiger partial charge on any atom is -0.385 e. The number of anilines is 1. The van der Waals surface area contributed by atoms with Crippen LogP contribution in [0.15, 0.2) is 47.8 Å². The lowest BCUT2D eigenvalue weighted by Gasteiger charge is -2.36. The number of benzene rings is 1. The normalized spacial score (nSPS) is 16.0. The van der Waals surface area contributed by atoms with E-state index in [1.54, 1.807) is 31.8 Å². The number of sulfonamides is 1. The fourth-order valence-corrected chi connectivity index (χ4v) is 4.94. The summed E-state index contributed by atoms with van der Waals surface area (Å²) < 4.78 is 47.2. The molecule has 1 aromatic carbocycles. The Morgan fingerprint density at radius 1 is 1.18 bits per heavy atom. The predicted octanol–water partition coefficient (Wildman–Crippen LogP) is 2.51. The monoisotopic (exact) mass is 472 g/mol. The Bertz CT molecular complexity index is 1230. The van der Waals surface area contributed by atoms with Crippen molar-refractivity contribution in [3.8, 4) is 11.6 Å². The summed E-state index contributed by atoms with van der Waals surface area (Å²) >= 11 is 0. The zero-order chi connectivity index (χ0) is 23.4. The van der Waals surface area contributed by atoms with Crippen LogP contribution < -0.4 is 9.62 Å². The molecule has 4 rings (SSSR count). The van der Waals surface area contributed by atoms with Crippen LogP contribution in [-0.2, 0) is 21.2 Å². The molecule has 0 saturated heterocycles. The fraction of sp³-hybridized carbons (Fsp3) is 0.364. The molecule has 1 aliphatic heterocycles. The number of ether oxygens (including phenoxy) is 1. The van der Waals surface area contributed by atoms with Gasteiger partial charge < -0.3 is 9.64 Å². The van der Waals surface area contributed by atoms with Crippen LogP contribution >= 0.6 is 0 Å². The maximum absolute atomic E-state index is 14.4. The van der Waals surface area contributed by atoms with Gasteiger partial charge >= 0.3 is 0 Å². The molecule has 0 amide bonds. The molecule has 0 fully saturated rings. The van der Waals surface area contributed by atoms with Gasteiger partial charge in [-0.15, -0.1) is 0 Å². The largest absolute Gasteiger partial charge is 0.385 e. The molecule has 3 heterocycles. The van der Waals surface area contributed by atoms with Crippen LogP contribution in [0, 0.1) is 5.82 Å². The lowest BCUT2D eigenvalue weighted by Crippen LogP contribution is -2.35. The molecule has 1 N–H and O–H groups in total. The van der Waals surface area contributed by atoms with Crippen molar-refractivity contribution in [1.82, 2.24) is 24.7 Å². The Kier molecular flexibility index (Phi) is 6.91. The molecule has 0 bridgehead atoms. The summed E-state index contributed by atoms with van der Waals surface area (Å²) in [6.45, 7) is 3.15. The van der Waals surface area contributed by atoms with Crippen molar-refractivity contribution in [2.24, 2.45) is 0 Å². The van der Waals surface area contributed by atoms with E-state index < -0.39 is 15.8 Å². The van der Waals surface area contributed by atoms with E-state index in [1.165, 1.54) is 12.1 Å². The van der Waals surface area contributed by atoms with Crippen LogP contribution in [0.4, 0.5) is 10.1 Å². The third-order valence-electron chi connectivity index (χ3n) is 5.49. The molecule has 11 heteroatoms. The lowest BCUT2D eigenvalue weighted by atomic mass is 9.98. The van der Waals surface area contributed by atoms with E-state index in [-0.39, 0.29) is 17.5 Å². The number of rotatable bonds is 8. The average molecular weight is 473 g/mol. The summed E-state index contributed by atoms with van der Waals surface area (Å²) in [5, 5.41) is 0. The van der Waals surface area contributed by atoms with Gasteiger partial charge in [-0.3, -0.25) is 0 Å². The van der Waals surface area contributed by atoms with E-state index >= 15 is 0 Å². The molecular formula is C22H25FN6O3S. The summed E-state index contributed by atoms with van der Waals surface area (Å²) in [6.07, 6.45) is 6.12. The van der Waals surface area contributed by atoms with Crippen molar-refractivity contribution in [1.29, 1.82) is 0 Å². The van der Waals surface area contributed by atoms with Gasteiger partial charge in [-0.25, -0.2) is 37.5 Å². The highest BCUT2D eigenvalue weighted by Gasteiger charge is 2.28. The summed E-state index contributed by atoms with van der Waals surface area (Å²) in [5.74, 6) is 0.289. The lowest BCUT2D eigenvalue weighted by molar-refractivity contribution is 0.196. The molecule has 2 aromatic heterocycles. The molecule has 33 heavy (non-hydrogen) atoms. The van der Waals surface area contributed by atoms with Gasteiger partial charge in [0.2, 0.25) is 10.0 Å². The average Bonchev–Trinajstić information content (AvgIpc) is 2.82. The van der Waals surface area contributed by atoms with Crippen LogP contribution in [-0.4, -0.2) is 55.2 Å². The second-order valence-corrected chi connectivity index (χ2v) is 9.44. The van der Waals surface area contributed by atoms with E-state index in [1.807, 2.05) is 11.8 Å². The molecular weight excluding hydrogens is 447 g/mol. The number of hydrogen-bond acceptors (Lipinski definition) is 8. The highest BCUT2D eigenvalue weighted by atomic mass is 32.2. The molecule has 1 aliphatic rings. The second kappa shape index (κ2) is 9.86. The number of aromatic nitrogens is 4. The number of nitrogens with one attached hydrogen (secondary N) is 1. The van der Waals surface area contributed by atoms with Gasteiger partial charge in [0.05, 0.1) is 16.6 Å². The van der Waals surface area contributed by atoms with Crippen molar-refractivity contribution < 1.29 is 17.5 Å². The topological polar surface area (TPSA) is 110 Å². The smallest absolute Gasteiger partial charge is 0.240 e. The summed E-state index contributed by atoms with van der Waals surface area (Å²) in [6, 6.07) is 5.42. The molecule has 0 aliphatic carbocycles. The molecule has 1 unspecified atom stereocenters. The first kappa shape index (κ1) is 23.1. The first-order chi connectivity index (χ1) is 15.9. The van der Waals surface area contributed by atoms with E-state index in [0.717, 1.165) is 17.3 Å². The molecule has 1 atom stereocenters. The number of halogens is 1. The number of fused-ring (bicyclic) bond motifs is 1. The van der Waals surface area contributed by atoms with Crippen molar-refractivity contribution in [3.05, 3.63) is 59.9 Å². The van der Waals surface area contributed by atoms with Crippen LogP contribution in [0.3, 0.4) is 0 Å². The van der Waals surface area contributed by atoms with Gasteiger partial charge in [-0.05, 0) is 37.6 Å². The highest BCUT2D eigenvalue weighted by Crippen LogP contribution is 2.34. The summed E-state index contributed by atoms with van der Waals surface area (Å²) in [7, 11) is -2.30. The Morgan fingerprint density at radius 2 is 1.97 bits per heavy atom. The van der Waals surface area contributed by atoms with Crippen LogP contribution in [0.2, 0.25) is 0 Å². The predicted molar refractivity (Wildman–Crippen MR) is 121 cm³/mol. The van der Waals surface area contributed by atoms with E-state index in [0.29, 0.717) is 43.3 Å². The maximum Gasteiger partial charge on any atom is 0.240 e. The maximum atomic E-state index is 14.4. The zero-order valence-corrected chi connectivity index (χ0v) is 19.2. The Balaban J connectivity index is 1.58. The molecule has 0 spiro atoms. The quantitative estimate of drug-likeness (QED) is 0.498. The Hall–Kier alpha value is -3.02. The van der Waals surface area contributed by atoms with E-state index in [9.17, 15) is 12.8 Å². The number of methoxy groups -OCH3 is 1. The number of nitrogens with zero attached hydrogens (tertiary/aromatic N) is 5. The van der Waals surface area contributed by atoms with Crippen molar-refractivity contribution in [2.75, 3.05) is 31.7 Å². The van der Waals surface area contributed by atoms with Crippen molar-refractivity contribution in [2.45, 2.75) is 30.7 Å². The molecule has 0 radical (unpaired) electrons. The zero-order valence-electron chi connectivity index (χ0n) is 18.4. The van der Waals surface area contributed by atoms with Crippen molar-refractivity contribution >= 4 is 15.7 Å². The van der Waals surface area contributed by atoms with Crippen molar-refractivity contribution in [3.63, 3.8) is 0 Å². The van der Waals surface area contributed by atoms with Crippen LogP contribution in [0.25, 0.3) is 11.6 Å². The molecule has 9 nitrogen and oxygen atoms in total. The minimum atomic E-state index is -3.85. The van der Waals surface area contributed by atoms with Gasteiger partial charge in [0.1, 0.15) is 5.82 Å². The van der Waals surface area contributed by atoms with Gasteiger partial charge in [-0.2, -0.15) is 0 Å². The van der Waals surface area contributed by atoms with Gasteiger partial charge in [0.15, 0.2) is 11.6 Å². The molecule has 3 aromatic rings. The first-order valence-electron chi connectivity index (χ1n) is 10.6. The molecule has 174 valence electrons.